The normalized spacial score (nSPS) is 22.6. The average molecular weight is 458 g/mol. The zero-order valence-electron chi connectivity index (χ0n) is 20.2. The van der Waals surface area contributed by atoms with Crippen LogP contribution in [-0.4, -0.2) is 65.9 Å². The van der Waals surface area contributed by atoms with Gasteiger partial charge in [0.05, 0.1) is 19.3 Å². The lowest BCUT2D eigenvalue weighted by atomic mass is 9.97. The first-order valence-corrected chi connectivity index (χ1v) is 11.1. The van der Waals surface area contributed by atoms with E-state index in [0.29, 0.717) is 19.3 Å². The third-order valence-electron chi connectivity index (χ3n) is 5.17. The Bertz CT molecular complexity index is 675. The number of hydrogen-bond acceptors (Lipinski definition) is 7. The molecule has 32 heavy (non-hydrogen) atoms. The van der Waals surface area contributed by atoms with E-state index >= 15 is 0 Å². The van der Waals surface area contributed by atoms with Crippen LogP contribution in [0.5, 0.6) is 0 Å². The van der Waals surface area contributed by atoms with Crippen LogP contribution < -0.4 is 16.0 Å². The number of rotatable bonds is 9. The lowest BCUT2D eigenvalue weighted by Gasteiger charge is -2.26. The first kappa shape index (κ1) is 27.7. The number of nitrogens with one attached hydrogen (secondary N) is 3. The van der Waals surface area contributed by atoms with Crippen molar-refractivity contribution in [1.82, 2.24) is 16.0 Å². The molecule has 0 unspecified atom stereocenters. The van der Waals surface area contributed by atoms with Crippen LogP contribution in [0.3, 0.4) is 0 Å². The molecule has 1 aliphatic carbocycles. The van der Waals surface area contributed by atoms with Crippen LogP contribution in [-0.2, 0) is 23.9 Å². The van der Waals surface area contributed by atoms with E-state index in [0.717, 1.165) is 0 Å². The summed E-state index contributed by atoms with van der Waals surface area (Å²) < 4.78 is 9.91. The molecular weight excluding hydrogens is 418 g/mol. The zero-order chi connectivity index (χ0) is 24.6. The molecule has 0 radical (unpaired) electrons. The predicted octanol–water partition coefficient (Wildman–Crippen LogP) is 1.25. The summed E-state index contributed by atoms with van der Waals surface area (Å²) in [5.41, 5.74) is -0.696. The number of aliphatic hydroxyl groups is 1. The topological polar surface area (TPSA) is 143 Å². The van der Waals surface area contributed by atoms with Crippen LogP contribution in [0.4, 0.5) is 4.79 Å². The monoisotopic (exact) mass is 457 g/mol. The molecule has 0 heterocycles. The molecule has 4 N–H and O–H groups in total. The maximum atomic E-state index is 12.6. The number of alkyl carbamates (subject to hydrolysis) is 1. The van der Waals surface area contributed by atoms with E-state index in [4.69, 9.17) is 9.47 Å². The Kier molecular flexibility index (Phi) is 10.4. The number of methoxy groups -OCH3 is 1. The fraction of sp³-hybridized carbons (Fsp3) is 0.818. The van der Waals surface area contributed by atoms with Crippen molar-refractivity contribution in [3.8, 4) is 0 Å². The molecular formula is C22H39N3O7. The highest BCUT2D eigenvalue weighted by atomic mass is 16.6. The molecule has 184 valence electrons. The molecule has 0 spiro atoms. The number of ether oxygens (including phenoxy) is 2. The summed E-state index contributed by atoms with van der Waals surface area (Å²) in [4.78, 5) is 49.0. The van der Waals surface area contributed by atoms with Crippen molar-refractivity contribution in [2.75, 3.05) is 7.11 Å². The predicted molar refractivity (Wildman–Crippen MR) is 118 cm³/mol. The summed E-state index contributed by atoms with van der Waals surface area (Å²) in [5, 5.41) is 18.2. The molecule has 1 rings (SSSR count). The molecule has 5 atom stereocenters. The Labute approximate surface area is 190 Å². The van der Waals surface area contributed by atoms with Gasteiger partial charge in [-0.25, -0.2) is 9.59 Å². The maximum Gasteiger partial charge on any atom is 0.408 e. The molecule has 0 aromatic carbocycles. The van der Waals surface area contributed by atoms with Crippen molar-refractivity contribution in [2.45, 2.75) is 97.1 Å². The Morgan fingerprint density at radius 3 is 2.22 bits per heavy atom. The van der Waals surface area contributed by atoms with Crippen molar-refractivity contribution >= 4 is 23.9 Å². The summed E-state index contributed by atoms with van der Waals surface area (Å²) in [6.07, 6.45) is -0.0650. The minimum atomic E-state index is -0.887. The van der Waals surface area contributed by atoms with Crippen molar-refractivity contribution in [3.05, 3.63) is 0 Å². The van der Waals surface area contributed by atoms with Gasteiger partial charge in [0.15, 0.2) is 0 Å². The van der Waals surface area contributed by atoms with Crippen LogP contribution in [0.25, 0.3) is 0 Å². The van der Waals surface area contributed by atoms with Crippen LogP contribution >= 0.6 is 0 Å². The Hall–Kier alpha value is -2.36. The van der Waals surface area contributed by atoms with Gasteiger partial charge in [-0.3, -0.25) is 9.59 Å². The van der Waals surface area contributed by atoms with Gasteiger partial charge < -0.3 is 30.5 Å². The molecule has 3 amide bonds. The van der Waals surface area contributed by atoms with E-state index in [1.165, 1.54) is 14.0 Å². The summed E-state index contributed by atoms with van der Waals surface area (Å²) in [7, 11) is 1.27. The summed E-state index contributed by atoms with van der Waals surface area (Å²) in [6.45, 7) is 10.5. The van der Waals surface area contributed by atoms with Crippen LogP contribution in [0.2, 0.25) is 0 Å². The molecule has 0 bridgehead atoms. The van der Waals surface area contributed by atoms with Crippen molar-refractivity contribution in [3.63, 3.8) is 0 Å². The third kappa shape index (κ3) is 9.42. The lowest BCUT2D eigenvalue weighted by molar-refractivity contribution is -0.145. The molecule has 0 aliphatic heterocycles. The lowest BCUT2D eigenvalue weighted by Crippen LogP contribution is -2.53. The second kappa shape index (κ2) is 12.0. The number of esters is 1. The maximum absolute atomic E-state index is 12.6. The number of amides is 3. The van der Waals surface area contributed by atoms with Gasteiger partial charge in [-0.15, -0.1) is 0 Å². The second-order valence-electron chi connectivity index (χ2n) is 9.78. The fourth-order valence-electron chi connectivity index (χ4n) is 3.66. The number of carbonyl (C=O) groups is 4. The van der Waals surface area contributed by atoms with Gasteiger partial charge in [0.1, 0.15) is 17.7 Å². The molecule has 1 fully saturated rings. The zero-order valence-corrected chi connectivity index (χ0v) is 20.2. The highest BCUT2D eigenvalue weighted by Gasteiger charge is 2.38. The second-order valence-corrected chi connectivity index (χ2v) is 9.78. The van der Waals surface area contributed by atoms with E-state index in [9.17, 15) is 24.3 Å². The van der Waals surface area contributed by atoms with Crippen LogP contribution in [0, 0.1) is 11.8 Å². The van der Waals surface area contributed by atoms with Crippen molar-refractivity contribution in [2.24, 2.45) is 11.8 Å². The van der Waals surface area contributed by atoms with Crippen molar-refractivity contribution < 1.29 is 33.8 Å². The number of hydrogen-bond donors (Lipinski definition) is 4. The quantitative estimate of drug-likeness (QED) is 0.382. The Morgan fingerprint density at radius 2 is 1.69 bits per heavy atom. The Morgan fingerprint density at radius 1 is 1.06 bits per heavy atom. The standard InChI is InChI=1S/C22H39N3O7/c1-12(2)10-15(20(29)31-7)24-17(27)11-14-8-9-16(26)18(14)25-19(28)13(3)23-21(30)32-22(4,5)6/h12-16,18,26H,8-11H2,1-7H3,(H,23,30)(H,24,27)(H,25,28)/t13-,14-,15-,16+,18+/m0/s1. The van der Waals surface area contributed by atoms with Gasteiger partial charge in [-0.05, 0) is 58.8 Å². The molecule has 0 aromatic rings. The highest BCUT2D eigenvalue weighted by molar-refractivity contribution is 5.86. The van der Waals surface area contributed by atoms with Crippen molar-refractivity contribution in [1.29, 1.82) is 0 Å². The van der Waals surface area contributed by atoms with Gasteiger partial charge in [-0.2, -0.15) is 0 Å². The molecule has 1 saturated carbocycles. The SMILES string of the molecule is COC(=O)[C@H](CC(C)C)NC(=O)C[C@@H]1CC[C@@H](O)[C@@H]1NC(=O)[C@H](C)NC(=O)OC(C)(C)C. The first-order chi connectivity index (χ1) is 14.7. The van der Waals surface area contributed by atoms with E-state index in [1.54, 1.807) is 20.8 Å². The molecule has 0 aromatic heterocycles. The van der Waals surface area contributed by atoms with Crippen LogP contribution in [0.1, 0.15) is 67.2 Å². The number of aliphatic hydroxyl groups excluding tert-OH is 1. The van der Waals surface area contributed by atoms with Gasteiger partial charge in [0, 0.05) is 6.42 Å². The smallest absolute Gasteiger partial charge is 0.408 e. The number of carbonyl (C=O) groups excluding carboxylic acids is 4. The van der Waals surface area contributed by atoms with Gasteiger partial charge in [0.25, 0.3) is 0 Å². The molecule has 10 nitrogen and oxygen atoms in total. The van der Waals surface area contributed by atoms with E-state index < -0.39 is 47.8 Å². The summed E-state index contributed by atoms with van der Waals surface area (Å²) in [6, 6.07) is -2.27. The van der Waals surface area contributed by atoms with Gasteiger partial charge in [-0.1, -0.05) is 13.8 Å². The van der Waals surface area contributed by atoms with Crippen LogP contribution in [0.15, 0.2) is 0 Å². The fourth-order valence-corrected chi connectivity index (χ4v) is 3.66. The van der Waals surface area contributed by atoms with E-state index in [2.05, 4.69) is 16.0 Å². The molecule has 0 saturated heterocycles. The van der Waals surface area contributed by atoms with Gasteiger partial charge in [0.2, 0.25) is 11.8 Å². The minimum absolute atomic E-state index is 0.0431. The minimum Gasteiger partial charge on any atom is -0.467 e. The third-order valence-corrected chi connectivity index (χ3v) is 5.17. The van der Waals surface area contributed by atoms with E-state index in [-0.39, 0.29) is 24.2 Å². The largest absolute Gasteiger partial charge is 0.467 e. The molecule has 1 aliphatic rings. The Balaban J connectivity index is 2.69. The van der Waals surface area contributed by atoms with E-state index in [1.807, 2.05) is 13.8 Å². The first-order valence-electron chi connectivity index (χ1n) is 11.1. The summed E-state index contributed by atoms with van der Waals surface area (Å²) in [5.74, 6) is -1.47. The van der Waals surface area contributed by atoms with Gasteiger partial charge >= 0.3 is 12.1 Å². The molecule has 10 heteroatoms. The highest BCUT2D eigenvalue weighted by Crippen LogP contribution is 2.29. The summed E-state index contributed by atoms with van der Waals surface area (Å²) >= 11 is 0. The average Bonchev–Trinajstić information content (AvgIpc) is 2.97.